The van der Waals surface area contributed by atoms with Crippen molar-refractivity contribution in [2.45, 2.75) is 83.3 Å². The highest BCUT2D eigenvalue weighted by Crippen LogP contribution is 2.40. The monoisotopic (exact) mass is 489 g/mol. The summed E-state index contributed by atoms with van der Waals surface area (Å²) in [5, 5.41) is 9.19. The summed E-state index contributed by atoms with van der Waals surface area (Å²) in [6, 6.07) is 13.4. The van der Waals surface area contributed by atoms with Crippen molar-refractivity contribution in [3.8, 4) is 5.75 Å². The summed E-state index contributed by atoms with van der Waals surface area (Å²) in [6.45, 7) is 1.28. The Balaban J connectivity index is 1.44. The second-order valence-electron chi connectivity index (χ2n) is 10.1. The second-order valence-corrected chi connectivity index (χ2v) is 10.1. The molecule has 0 spiro atoms. The molecule has 0 heterocycles. The number of benzene rings is 2. The van der Waals surface area contributed by atoms with Gasteiger partial charge >= 0.3 is 12.3 Å². The van der Waals surface area contributed by atoms with Gasteiger partial charge in [0.1, 0.15) is 5.75 Å². The van der Waals surface area contributed by atoms with Crippen LogP contribution in [0.25, 0.3) is 0 Å². The molecule has 0 aliphatic heterocycles. The Bertz CT molecular complexity index is 945. The Kier molecular flexibility index (Phi) is 8.37. The summed E-state index contributed by atoms with van der Waals surface area (Å²) in [6.07, 6.45) is 6.79. The fourth-order valence-corrected chi connectivity index (χ4v) is 5.88. The molecule has 0 amide bonds. The lowest BCUT2D eigenvalue weighted by atomic mass is 9.72. The number of halogens is 3. The van der Waals surface area contributed by atoms with Crippen molar-refractivity contribution in [1.82, 2.24) is 4.90 Å². The van der Waals surface area contributed by atoms with Crippen LogP contribution < -0.4 is 4.74 Å². The number of alkyl halides is 3. The Morgan fingerprint density at radius 3 is 1.83 bits per heavy atom. The lowest BCUT2D eigenvalue weighted by Gasteiger charge is -2.40. The predicted molar refractivity (Wildman–Crippen MR) is 128 cm³/mol. The van der Waals surface area contributed by atoms with E-state index in [2.05, 4.69) is 9.64 Å². The molecular weight excluding hydrogens is 455 g/mol. The van der Waals surface area contributed by atoms with E-state index in [1.165, 1.54) is 57.1 Å². The van der Waals surface area contributed by atoms with Crippen LogP contribution in [0.5, 0.6) is 5.75 Å². The van der Waals surface area contributed by atoms with Gasteiger partial charge in [0.25, 0.3) is 0 Å². The number of ether oxygens (including phenoxy) is 1. The predicted octanol–water partition coefficient (Wildman–Crippen LogP) is 7.42. The van der Waals surface area contributed by atoms with Gasteiger partial charge in [-0.1, -0.05) is 56.4 Å². The van der Waals surface area contributed by atoms with Crippen molar-refractivity contribution >= 4 is 5.97 Å². The lowest BCUT2D eigenvalue weighted by molar-refractivity contribution is -0.274. The highest BCUT2D eigenvalue weighted by Gasteiger charge is 2.32. The Hall–Kier alpha value is -2.54. The Labute approximate surface area is 205 Å². The minimum absolute atomic E-state index is 0.218. The van der Waals surface area contributed by atoms with E-state index in [4.69, 9.17) is 0 Å². The van der Waals surface area contributed by atoms with Gasteiger partial charge in [-0.2, -0.15) is 0 Å². The van der Waals surface area contributed by atoms with Crippen molar-refractivity contribution in [3.05, 3.63) is 65.2 Å². The first-order valence-electron chi connectivity index (χ1n) is 12.7. The summed E-state index contributed by atoms with van der Waals surface area (Å²) < 4.78 is 41.6. The van der Waals surface area contributed by atoms with Crippen LogP contribution >= 0.6 is 0 Å². The highest BCUT2D eigenvalue weighted by atomic mass is 19.4. The van der Waals surface area contributed by atoms with Gasteiger partial charge in [-0.25, -0.2) is 4.79 Å². The van der Waals surface area contributed by atoms with E-state index in [9.17, 15) is 23.1 Å². The number of rotatable bonds is 8. The van der Waals surface area contributed by atoms with Gasteiger partial charge in [-0.15, -0.1) is 13.2 Å². The van der Waals surface area contributed by atoms with Crippen LogP contribution in [-0.4, -0.2) is 28.4 Å². The molecule has 4 nitrogen and oxygen atoms in total. The molecule has 0 bridgehead atoms. The maximum Gasteiger partial charge on any atom is 0.573 e. The van der Waals surface area contributed by atoms with Gasteiger partial charge in [0.05, 0.1) is 5.56 Å². The molecule has 7 heteroatoms. The second kappa shape index (κ2) is 11.5. The molecule has 190 valence electrons. The molecule has 0 radical (unpaired) electrons. The van der Waals surface area contributed by atoms with Crippen molar-refractivity contribution in [2.75, 3.05) is 0 Å². The van der Waals surface area contributed by atoms with Gasteiger partial charge in [-0.05, 0) is 72.9 Å². The van der Waals surface area contributed by atoms with E-state index >= 15 is 0 Å². The zero-order chi connectivity index (χ0) is 24.8. The molecule has 2 aromatic rings. The van der Waals surface area contributed by atoms with Crippen LogP contribution in [0.1, 0.15) is 79.3 Å². The molecule has 4 rings (SSSR count). The lowest BCUT2D eigenvalue weighted by Crippen LogP contribution is -2.38. The van der Waals surface area contributed by atoms with E-state index in [0.29, 0.717) is 19.1 Å². The van der Waals surface area contributed by atoms with E-state index in [0.717, 1.165) is 35.8 Å². The molecule has 1 N–H and O–H groups in total. The quantitative estimate of drug-likeness (QED) is 0.419. The van der Waals surface area contributed by atoms with Crippen LogP contribution in [0.3, 0.4) is 0 Å². The Morgan fingerprint density at radius 2 is 1.31 bits per heavy atom. The number of hydrogen-bond acceptors (Lipinski definition) is 3. The molecule has 0 unspecified atom stereocenters. The van der Waals surface area contributed by atoms with Gasteiger partial charge < -0.3 is 9.84 Å². The molecule has 2 aromatic carbocycles. The van der Waals surface area contributed by atoms with Crippen molar-refractivity contribution in [1.29, 1.82) is 0 Å². The normalized spacial score (nSPS) is 21.7. The first kappa shape index (κ1) is 25.5. The fraction of sp³-hybridized carbons (Fsp3) is 0.536. The summed E-state index contributed by atoms with van der Waals surface area (Å²) in [5.41, 5.74) is 2.21. The van der Waals surface area contributed by atoms with Gasteiger partial charge in [0.2, 0.25) is 0 Å². The molecule has 2 aliphatic carbocycles. The number of carboxylic acid groups (broad SMARTS) is 1. The third-order valence-corrected chi connectivity index (χ3v) is 7.70. The number of hydrogen-bond donors (Lipinski definition) is 1. The van der Waals surface area contributed by atoms with Crippen LogP contribution in [0.4, 0.5) is 13.2 Å². The van der Waals surface area contributed by atoms with E-state index in [1.54, 1.807) is 24.3 Å². The molecule has 2 saturated carbocycles. The standard InChI is InChI=1S/C28H34F3NO3/c29-28(30,31)35-26-16-8-21(9-17-26)19-32(18-20-6-10-24(11-7-20)27(33)34)25-14-12-23(13-15-25)22-4-2-1-3-5-22/h6-11,16-17,22-23,25H,1-5,12-15,18-19H2,(H,33,34)/t23-,25+. The average molecular weight is 490 g/mol. The molecule has 0 aromatic heterocycles. The van der Waals surface area contributed by atoms with Crippen LogP contribution in [-0.2, 0) is 13.1 Å². The van der Waals surface area contributed by atoms with Crippen molar-refractivity contribution in [2.24, 2.45) is 11.8 Å². The highest BCUT2D eigenvalue weighted by molar-refractivity contribution is 5.87. The van der Waals surface area contributed by atoms with Crippen molar-refractivity contribution in [3.63, 3.8) is 0 Å². The van der Waals surface area contributed by atoms with Gasteiger partial charge in [0.15, 0.2) is 0 Å². The minimum Gasteiger partial charge on any atom is -0.478 e. The van der Waals surface area contributed by atoms with E-state index in [-0.39, 0.29) is 11.3 Å². The summed E-state index contributed by atoms with van der Waals surface area (Å²) >= 11 is 0. The molecule has 2 aliphatic rings. The Morgan fingerprint density at radius 1 is 0.800 bits per heavy atom. The fourth-order valence-electron chi connectivity index (χ4n) is 5.88. The van der Waals surface area contributed by atoms with Crippen LogP contribution in [0, 0.1) is 11.8 Å². The number of carboxylic acids is 1. The smallest absolute Gasteiger partial charge is 0.478 e. The summed E-state index contributed by atoms with van der Waals surface area (Å²) in [7, 11) is 0. The van der Waals surface area contributed by atoms with Crippen LogP contribution in [0.15, 0.2) is 48.5 Å². The van der Waals surface area contributed by atoms with E-state index < -0.39 is 12.3 Å². The SMILES string of the molecule is O=C(O)c1ccc(CN(Cc2ccc(OC(F)(F)F)cc2)[C@H]2CC[C@@H](C3CCCCC3)CC2)cc1. The average Bonchev–Trinajstić information content (AvgIpc) is 2.85. The summed E-state index contributed by atoms with van der Waals surface area (Å²) in [4.78, 5) is 13.6. The zero-order valence-corrected chi connectivity index (χ0v) is 20.0. The number of carbonyl (C=O) groups is 1. The van der Waals surface area contributed by atoms with Gasteiger partial charge in [-0.3, -0.25) is 4.90 Å². The molecular formula is C28H34F3NO3. The largest absolute Gasteiger partial charge is 0.573 e. The number of nitrogens with zero attached hydrogens (tertiary/aromatic N) is 1. The first-order valence-corrected chi connectivity index (χ1v) is 12.7. The maximum atomic E-state index is 12.5. The maximum absolute atomic E-state index is 12.5. The third kappa shape index (κ3) is 7.47. The molecule has 0 saturated heterocycles. The van der Waals surface area contributed by atoms with Crippen LogP contribution in [0.2, 0.25) is 0 Å². The molecule has 0 atom stereocenters. The van der Waals surface area contributed by atoms with E-state index in [1.807, 2.05) is 12.1 Å². The minimum atomic E-state index is -4.70. The first-order chi connectivity index (χ1) is 16.8. The molecule has 2 fully saturated rings. The zero-order valence-electron chi connectivity index (χ0n) is 20.0. The van der Waals surface area contributed by atoms with Gasteiger partial charge in [0, 0.05) is 19.1 Å². The topological polar surface area (TPSA) is 49.8 Å². The summed E-state index contributed by atoms with van der Waals surface area (Å²) in [5.74, 6) is 0.505. The number of aromatic carboxylic acids is 1. The third-order valence-electron chi connectivity index (χ3n) is 7.70. The molecule has 35 heavy (non-hydrogen) atoms. The van der Waals surface area contributed by atoms with Crippen molar-refractivity contribution < 1.29 is 27.8 Å².